The summed E-state index contributed by atoms with van der Waals surface area (Å²) in [5.41, 5.74) is 5.03. The highest BCUT2D eigenvalue weighted by Crippen LogP contribution is 2.06. The number of rotatable bonds is 9. The molecule has 0 bridgehead atoms. The number of aliphatic hydroxyl groups is 1. The molecule has 0 unspecified atom stereocenters. The summed E-state index contributed by atoms with van der Waals surface area (Å²) >= 11 is 0. The topological polar surface area (TPSA) is 92.4 Å². The number of carbonyl (C=O) groups excluding carboxylic acids is 2. The number of primary amides is 1. The van der Waals surface area contributed by atoms with Crippen LogP contribution in [-0.4, -0.2) is 30.1 Å². The Morgan fingerprint density at radius 1 is 1.25 bits per heavy atom. The van der Waals surface area contributed by atoms with Crippen molar-refractivity contribution in [3.8, 4) is 0 Å². The van der Waals surface area contributed by atoms with E-state index < -0.39 is 0 Å². The summed E-state index contributed by atoms with van der Waals surface area (Å²) in [4.78, 5) is 21.9. The zero-order chi connectivity index (χ0) is 12.4. The summed E-state index contributed by atoms with van der Waals surface area (Å²) < 4.78 is 0. The molecule has 2 amide bonds. The van der Waals surface area contributed by atoms with Gasteiger partial charge in [-0.05, 0) is 25.2 Å². The van der Waals surface area contributed by atoms with E-state index in [1.165, 1.54) is 0 Å². The maximum absolute atomic E-state index is 11.4. The van der Waals surface area contributed by atoms with Crippen molar-refractivity contribution in [2.75, 3.05) is 13.2 Å². The molecule has 0 spiro atoms. The minimum absolute atomic E-state index is 0.00468. The van der Waals surface area contributed by atoms with Crippen LogP contribution in [0.4, 0.5) is 0 Å². The molecule has 0 aromatic rings. The predicted octanol–water partition coefficient (Wildman–Crippen LogP) is 0.167. The van der Waals surface area contributed by atoms with Crippen LogP contribution in [0.2, 0.25) is 0 Å². The summed E-state index contributed by atoms with van der Waals surface area (Å²) in [6, 6.07) is 0. The van der Waals surface area contributed by atoms with Crippen molar-refractivity contribution in [3.05, 3.63) is 0 Å². The molecule has 0 aliphatic heterocycles. The van der Waals surface area contributed by atoms with Crippen LogP contribution in [0.25, 0.3) is 0 Å². The van der Waals surface area contributed by atoms with Crippen LogP contribution in [0.1, 0.15) is 39.0 Å². The first-order valence-corrected chi connectivity index (χ1v) is 5.72. The SMILES string of the molecule is C[C@H](CC(N)=O)CC(=O)NCCCCCO. The average Bonchev–Trinajstić information content (AvgIpc) is 2.15. The molecule has 0 aliphatic carbocycles. The number of carbonyl (C=O) groups is 2. The smallest absolute Gasteiger partial charge is 0.220 e. The fourth-order valence-electron chi connectivity index (χ4n) is 1.45. The highest BCUT2D eigenvalue weighted by molar-refractivity contribution is 5.78. The summed E-state index contributed by atoms with van der Waals surface area (Å²) in [5.74, 6) is -0.420. The van der Waals surface area contributed by atoms with Crippen LogP contribution in [-0.2, 0) is 9.59 Å². The van der Waals surface area contributed by atoms with E-state index in [2.05, 4.69) is 5.32 Å². The molecule has 16 heavy (non-hydrogen) atoms. The third-order valence-corrected chi connectivity index (χ3v) is 2.24. The van der Waals surface area contributed by atoms with E-state index in [1.807, 2.05) is 6.92 Å². The number of hydrogen-bond acceptors (Lipinski definition) is 3. The Morgan fingerprint density at radius 3 is 2.50 bits per heavy atom. The van der Waals surface area contributed by atoms with Gasteiger partial charge in [0.05, 0.1) is 0 Å². The molecular weight excluding hydrogens is 208 g/mol. The predicted molar refractivity (Wildman–Crippen MR) is 61.5 cm³/mol. The lowest BCUT2D eigenvalue weighted by atomic mass is 10.0. The largest absolute Gasteiger partial charge is 0.396 e. The molecular formula is C11H22N2O3. The Kier molecular flexibility index (Phi) is 8.52. The van der Waals surface area contributed by atoms with Crippen molar-refractivity contribution in [2.24, 2.45) is 11.7 Å². The van der Waals surface area contributed by atoms with Crippen molar-refractivity contribution in [3.63, 3.8) is 0 Å². The average molecular weight is 230 g/mol. The first-order chi connectivity index (χ1) is 7.56. The van der Waals surface area contributed by atoms with Gasteiger partial charge in [0, 0.05) is 26.0 Å². The van der Waals surface area contributed by atoms with E-state index >= 15 is 0 Å². The third-order valence-electron chi connectivity index (χ3n) is 2.24. The minimum Gasteiger partial charge on any atom is -0.396 e. The fraction of sp³-hybridized carbons (Fsp3) is 0.818. The molecule has 5 nitrogen and oxygen atoms in total. The van der Waals surface area contributed by atoms with Crippen molar-refractivity contribution in [2.45, 2.75) is 39.0 Å². The van der Waals surface area contributed by atoms with E-state index in [9.17, 15) is 9.59 Å². The molecule has 0 aliphatic rings. The van der Waals surface area contributed by atoms with Crippen LogP contribution >= 0.6 is 0 Å². The van der Waals surface area contributed by atoms with Crippen molar-refractivity contribution in [1.82, 2.24) is 5.32 Å². The van der Waals surface area contributed by atoms with Gasteiger partial charge in [-0.1, -0.05) is 6.92 Å². The quantitative estimate of drug-likeness (QED) is 0.493. The summed E-state index contributed by atoms with van der Waals surface area (Å²) in [7, 11) is 0. The first-order valence-electron chi connectivity index (χ1n) is 5.72. The van der Waals surface area contributed by atoms with E-state index in [0.717, 1.165) is 19.3 Å². The molecule has 5 heteroatoms. The van der Waals surface area contributed by atoms with Gasteiger partial charge < -0.3 is 16.2 Å². The maximum atomic E-state index is 11.4. The Hall–Kier alpha value is -1.10. The van der Waals surface area contributed by atoms with Gasteiger partial charge in [-0.25, -0.2) is 0 Å². The van der Waals surface area contributed by atoms with Gasteiger partial charge in [-0.2, -0.15) is 0 Å². The Morgan fingerprint density at radius 2 is 1.94 bits per heavy atom. The normalized spacial score (nSPS) is 12.1. The lowest BCUT2D eigenvalue weighted by Gasteiger charge is -2.09. The fourth-order valence-corrected chi connectivity index (χ4v) is 1.45. The Labute approximate surface area is 96.4 Å². The first kappa shape index (κ1) is 14.9. The third kappa shape index (κ3) is 9.45. The Balaban J connectivity index is 3.47. The van der Waals surface area contributed by atoms with E-state index in [0.29, 0.717) is 13.0 Å². The van der Waals surface area contributed by atoms with E-state index in [4.69, 9.17) is 10.8 Å². The summed E-state index contributed by atoms with van der Waals surface area (Å²) in [6.07, 6.45) is 3.14. The number of nitrogens with one attached hydrogen (secondary N) is 1. The van der Waals surface area contributed by atoms with Crippen LogP contribution in [0, 0.1) is 5.92 Å². The van der Waals surface area contributed by atoms with Gasteiger partial charge in [0.25, 0.3) is 0 Å². The standard InChI is InChI=1S/C11H22N2O3/c1-9(7-10(12)15)8-11(16)13-5-3-2-4-6-14/h9,14H,2-8H2,1H3,(H2,12,15)(H,13,16)/t9-/m1/s1. The van der Waals surface area contributed by atoms with Crippen molar-refractivity contribution >= 4 is 11.8 Å². The molecule has 0 aromatic heterocycles. The van der Waals surface area contributed by atoms with Gasteiger partial charge in [-0.15, -0.1) is 0 Å². The van der Waals surface area contributed by atoms with Crippen LogP contribution in [0.15, 0.2) is 0 Å². The zero-order valence-electron chi connectivity index (χ0n) is 9.87. The molecule has 94 valence electrons. The Bertz CT molecular complexity index is 219. The molecule has 1 atom stereocenters. The second-order valence-corrected chi connectivity index (χ2v) is 4.11. The molecule has 0 radical (unpaired) electrons. The van der Waals surface area contributed by atoms with Crippen LogP contribution in [0.5, 0.6) is 0 Å². The molecule has 0 rings (SSSR count). The van der Waals surface area contributed by atoms with Crippen molar-refractivity contribution < 1.29 is 14.7 Å². The molecule has 0 aromatic carbocycles. The number of hydrogen-bond donors (Lipinski definition) is 3. The maximum Gasteiger partial charge on any atom is 0.220 e. The van der Waals surface area contributed by atoms with Crippen molar-refractivity contribution in [1.29, 1.82) is 0 Å². The monoisotopic (exact) mass is 230 g/mol. The zero-order valence-corrected chi connectivity index (χ0v) is 9.87. The second kappa shape index (κ2) is 9.15. The van der Waals surface area contributed by atoms with Gasteiger partial charge in [0.15, 0.2) is 0 Å². The van der Waals surface area contributed by atoms with Crippen LogP contribution < -0.4 is 11.1 Å². The molecule has 0 heterocycles. The molecule has 0 saturated heterocycles. The highest BCUT2D eigenvalue weighted by atomic mass is 16.2. The van der Waals surface area contributed by atoms with Gasteiger partial charge in [-0.3, -0.25) is 9.59 Å². The van der Waals surface area contributed by atoms with E-state index in [1.54, 1.807) is 0 Å². The number of amides is 2. The minimum atomic E-state index is -0.372. The van der Waals surface area contributed by atoms with E-state index in [-0.39, 0.29) is 30.8 Å². The highest BCUT2D eigenvalue weighted by Gasteiger charge is 2.10. The van der Waals surface area contributed by atoms with Gasteiger partial charge >= 0.3 is 0 Å². The lowest BCUT2D eigenvalue weighted by molar-refractivity contribution is -0.122. The van der Waals surface area contributed by atoms with Crippen LogP contribution in [0.3, 0.4) is 0 Å². The lowest BCUT2D eigenvalue weighted by Crippen LogP contribution is -2.27. The van der Waals surface area contributed by atoms with Gasteiger partial charge in [0.2, 0.25) is 11.8 Å². The molecule has 0 fully saturated rings. The number of aliphatic hydroxyl groups excluding tert-OH is 1. The van der Waals surface area contributed by atoms with Gasteiger partial charge in [0.1, 0.15) is 0 Å². The molecule has 0 saturated carbocycles. The second-order valence-electron chi connectivity index (χ2n) is 4.11. The summed E-state index contributed by atoms with van der Waals surface area (Å²) in [5, 5.41) is 11.3. The number of nitrogens with two attached hydrogens (primary N) is 1. The molecule has 4 N–H and O–H groups in total. The number of unbranched alkanes of at least 4 members (excludes halogenated alkanes) is 2. The summed E-state index contributed by atoms with van der Waals surface area (Å²) in [6.45, 7) is 2.65.